The predicted molar refractivity (Wildman–Crippen MR) is 113 cm³/mol. The molecular weight excluding hydrogens is 396 g/mol. The van der Waals surface area contributed by atoms with Gasteiger partial charge >= 0.3 is 0 Å². The van der Waals surface area contributed by atoms with E-state index in [2.05, 4.69) is 20.4 Å². The summed E-state index contributed by atoms with van der Waals surface area (Å²) in [5.41, 5.74) is 1.84. The van der Waals surface area contributed by atoms with Gasteiger partial charge in [-0.25, -0.2) is 0 Å². The first kappa shape index (κ1) is 19.3. The van der Waals surface area contributed by atoms with E-state index in [-0.39, 0.29) is 12.7 Å². The van der Waals surface area contributed by atoms with E-state index < -0.39 is 0 Å². The number of carbonyl (C=O) groups excluding carboxylic acids is 1. The van der Waals surface area contributed by atoms with E-state index in [1.807, 2.05) is 59.5 Å². The Morgan fingerprint density at radius 1 is 1.00 bits per heavy atom. The molecule has 0 bridgehead atoms. The smallest absolute Gasteiger partial charge is 0.246 e. The summed E-state index contributed by atoms with van der Waals surface area (Å²) in [5, 5.41) is 12.1. The number of fused-ring (bicyclic) bond motifs is 1. The van der Waals surface area contributed by atoms with Crippen molar-refractivity contribution in [2.24, 2.45) is 0 Å². The maximum atomic E-state index is 12.6. The molecule has 0 aliphatic carbocycles. The largest absolute Gasteiger partial charge is 0.454 e. The fourth-order valence-corrected chi connectivity index (χ4v) is 3.69. The molecule has 0 radical (unpaired) electrons. The number of nitrogens with zero attached hydrogens (tertiary/aromatic N) is 6. The van der Waals surface area contributed by atoms with Gasteiger partial charge in [-0.2, -0.15) is 4.68 Å². The number of aromatic nitrogens is 4. The molecule has 158 valence electrons. The Morgan fingerprint density at radius 2 is 1.81 bits per heavy atom. The van der Waals surface area contributed by atoms with E-state index >= 15 is 0 Å². The van der Waals surface area contributed by atoms with Gasteiger partial charge < -0.3 is 14.4 Å². The fourth-order valence-electron chi connectivity index (χ4n) is 3.69. The summed E-state index contributed by atoms with van der Waals surface area (Å²) in [5.74, 6) is 2.24. The number of ether oxygens (including phenoxy) is 2. The van der Waals surface area contributed by atoms with Crippen molar-refractivity contribution in [2.45, 2.75) is 6.54 Å². The quantitative estimate of drug-likeness (QED) is 0.584. The Hall–Kier alpha value is -3.72. The van der Waals surface area contributed by atoms with Gasteiger partial charge in [0.2, 0.25) is 12.7 Å². The summed E-state index contributed by atoms with van der Waals surface area (Å²) in [4.78, 5) is 16.7. The van der Waals surface area contributed by atoms with E-state index in [0.717, 1.165) is 35.9 Å². The van der Waals surface area contributed by atoms with Gasteiger partial charge in [-0.15, -0.1) is 5.10 Å². The monoisotopic (exact) mass is 418 g/mol. The second-order valence-electron chi connectivity index (χ2n) is 7.39. The average Bonchev–Trinajstić information content (AvgIpc) is 3.47. The highest BCUT2D eigenvalue weighted by Crippen LogP contribution is 2.32. The van der Waals surface area contributed by atoms with Crippen LogP contribution in [-0.2, 0) is 11.3 Å². The van der Waals surface area contributed by atoms with Gasteiger partial charge in [0.25, 0.3) is 0 Å². The molecule has 0 N–H and O–H groups in total. The van der Waals surface area contributed by atoms with Crippen molar-refractivity contribution in [2.75, 3.05) is 33.0 Å². The molecule has 0 spiro atoms. The number of para-hydroxylation sites is 1. The van der Waals surface area contributed by atoms with Gasteiger partial charge in [0.05, 0.1) is 12.2 Å². The third-order valence-electron chi connectivity index (χ3n) is 5.40. The summed E-state index contributed by atoms with van der Waals surface area (Å²) in [6, 6.07) is 15.5. The third-order valence-corrected chi connectivity index (χ3v) is 5.40. The molecule has 9 nitrogen and oxygen atoms in total. The van der Waals surface area contributed by atoms with Crippen molar-refractivity contribution in [3.8, 4) is 17.2 Å². The van der Waals surface area contributed by atoms with Crippen LogP contribution in [0, 0.1) is 0 Å². The number of amides is 1. The minimum atomic E-state index is 0.00596. The molecular formula is C22H22N6O3. The number of carbonyl (C=O) groups is 1. The van der Waals surface area contributed by atoms with Gasteiger partial charge in [0.1, 0.15) is 0 Å². The summed E-state index contributed by atoms with van der Waals surface area (Å²) in [6.07, 6.45) is 3.42. The van der Waals surface area contributed by atoms with Crippen LogP contribution in [0.15, 0.2) is 54.6 Å². The van der Waals surface area contributed by atoms with Crippen LogP contribution in [0.4, 0.5) is 0 Å². The van der Waals surface area contributed by atoms with Gasteiger partial charge in [0, 0.05) is 32.3 Å². The molecule has 0 atom stereocenters. The third kappa shape index (κ3) is 4.26. The number of hydrogen-bond acceptors (Lipinski definition) is 7. The molecule has 3 aromatic rings. The maximum Gasteiger partial charge on any atom is 0.246 e. The van der Waals surface area contributed by atoms with Crippen LogP contribution in [0.3, 0.4) is 0 Å². The summed E-state index contributed by atoms with van der Waals surface area (Å²) < 4.78 is 12.5. The number of tetrazole rings is 1. The first-order valence-electron chi connectivity index (χ1n) is 10.2. The molecule has 2 aliphatic heterocycles. The van der Waals surface area contributed by atoms with E-state index in [1.165, 1.54) is 0 Å². The zero-order valence-corrected chi connectivity index (χ0v) is 16.9. The molecule has 2 aliphatic rings. The molecule has 31 heavy (non-hydrogen) atoms. The zero-order valence-electron chi connectivity index (χ0n) is 16.9. The van der Waals surface area contributed by atoms with E-state index in [0.29, 0.717) is 25.4 Å². The second-order valence-corrected chi connectivity index (χ2v) is 7.39. The molecule has 1 fully saturated rings. The lowest BCUT2D eigenvalue weighted by atomic mass is 10.2. The Morgan fingerprint density at radius 3 is 2.65 bits per heavy atom. The van der Waals surface area contributed by atoms with E-state index in [1.54, 1.807) is 10.8 Å². The Labute approximate surface area is 179 Å². The number of benzene rings is 2. The molecule has 1 aromatic heterocycles. The average molecular weight is 418 g/mol. The van der Waals surface area contributed by atoms with Crippen molar-refractivity contribution >= 4 is 12.0 Å². The van der Waals surface area contributed by atoms with Gasteiger partial charge in [-0.3, -0.25) is 9.69 Å². The first-order chi connectivity index (χ1) is 15.3. The summed E-state index contributed by atoms with van der Waals surface area (Å²) in [6.45, 7) is 3.74. The normalized spacial score (nSPS) is 16.2. The highest BCUT2D eigenvalue weighted by atomic mass is 16.7. The van der Waals surface area contributed by atoms with E-state index in [4.69, 9.17) is 9.47 Å². The highest BCUT2D eigenvalue weighted by Gasteiger charge is 2.22. The second kappa shape index (κ2) is 8.57. The van der Waals surface area contributed by atoms with Crippen molar-refractivity contribution in [1.29, 1.82) is 0 Å². The van der Waals surface area contributed by atoms with Gasteiger partial charge in [0.15, 0.2) is 17.3 Å². The Kier molecular flexibility index (Phi) is 5.32. The van der Waals surface area contributed by atoms with Crippen molar-refractivity contribution in [3.63, 3.8) is 0 Å². The van der Waals surface area contributed by atoms with Crippen LogP contribution in [0.5, 0.6) is 11.5 Å². The molecule has 0 saturated carbocycles. The van der Waals surface area contributed by atoms with Gasteiger partial charge in [-0.1, -0.05) is 24.3 Å². The minimum absolute atomic E-state index is 0.00596. The zero-order chi connectivity index (χ0) is 21.0. The molecule has 3 heterocycles. The number of rotatable bonds is 5. The highest BCUT2D eigenvalue weighted by molar-refractivity contribution is 5.92. The topological polar surface area (TPSA) is 85.6 Å². The SMILES string of the molecule is O=C(C=Cc1ccc2c(c1)OCO2)N1CCN(Cc2nnnn2-c2ccccc2)CC1. The molecule has 0 unspecified atom stereocenters. The fraction of sp³-hybridized carbons (Fsp3) is 0.273. The van der Waals surface area contributed by atoms with Crippen LogP contribution in [-0.4, -0.2) is 68.9 Å². The number of piperazine rings is 1. The summed E-state index contributed by atoms with van der Waals surface area (Å²) in [7, 11) is 0. The van der Waals surface area contributed by atoms with Crippen LogP contribution in [0.25, 0.3) is 11.8 Å². The first-order valence-corrected chi connectivity index (χ1v) is 10.2. The van der Waals surface area contributed by atoms with Crippen LogP contribution >= 0.6 is 0 Å². The molecule has 1 amide bonds. The molecule has 1 saturated heterocycles. The lowest BCUT2D eigenvalue weighted by Gasteiger charge is -2.33. The number of hydrogen-bond donors (Lipinski definition) is 0. The Bertz CT molecular complexity index is 1090. The lowest BCUT2D eigenvalue weighted by molar-refractivity contribution is -0.127. The van der Waals surface area contributed by atoms with E-state index in [9.17, 15) is 4.79 Å². The molecule has 2 aromatic carbocycles. The Balaban J connectivity index is 1.16. The van der Waals surface area contributed by atoms with Crippen molar-refractivity contribution in [3.05, 3.63) is 66.0 Å². The van der Waals surface area contributed by atoms with Crippen molar-refractivity contribution < 1.29 is 14.3 Å². The van der Waals surface area contributed by atoms with Crippen LogP contribution in [0.1, 0.15) is 11.4 Å². The lowest BCUT2D eigenvalue weighted by Crippen LogP contribution is -2.48. The molecule has 9 heteroatoms. The predicted octanol–water partition coefficient (Wildman–Crippen LogP) is 1.75. The standard InChI is InChI=1S/C22H22N6O3/c29-22(9-7-17-6-8-19-20(14-17)31-16-30-19)27-12-10-26(11-13-27)15-21-23-24-25-28(21)18-4-2-1-3-5-18/h1-9,14H,10-13,15-16H2. The minimum Gasteiger partial charge on any atom is -0.454 e. The van der Waals surface area contributed by atoms with Crippen LogP contribution < -0.4 is 9.47 Å². The van der Waals surface area contributed by atoms with Crippen molar-refractivity contribution in [1.82, 2.24) is 30.0 Å². The van der Waals surface area contributed by atoms with Crippen LogP contribution in [0.2, 0.25) is 0 Å². The maximum absolute atomic E-state index is 12.6. The molecule has 5 rings (SSSR count). The summed E-state index contributed by atoms with van der Waals surface area (Å²) >= 11 is 0. The van der Waals surface area contributed by atoms with Gasteiger partial charge in [-0.05, 0) is 46.3 Å².